The summed E-state index contributed by atoms with van der Waals surface area (Å²) in [6, 6.07) is 5.91. The van der Waals surface area contributed by atoms with E-state index in [1.54, 1.807) is 7.05 Å². The van der Waals surface area contributed by atoms with E-state index in [0.717, 1.165) is 22.8 Å². The Morgan fingerprint density at radius 2 is 1.82 bits per heavy atom. The number of benzene rings is 2. The summed E-state index contributed by atoms with van der Waals surface area (Å²) in [6.07, 6.45) is -4.27. The number of likely N-dealkylation sites (N-methyl/N-ethyl adjacent to an activating group) is 1. The van der Waals surface area contributed by atoms with Gasteiger partial charge in [-0.3, -0.25) is 14.4 Å². The number of halogens is 4. The average Bonchev–Trinajstić information content (AvgIpc) is 2.82. The SMILES string of the molecule is CNCC(=O)OC(C)(C)C.O=Cc1c(O)c2ccc(F)c3c2n(c1=O)CC(c1ccc(C(F)(F)F)cc1)N3. The van der Waals surface area contributed by atoms with Crippen LogP contribution in [0.5, 0.6) is 5.75 Å². The molecule has 0 saturated carbocycles. The van der Waals surface area contributed by atoms with Crippen molar-refractivity contribution in [2.24, 2.45) is 0 Å². The molecule has 2 heterocycles. The predicted molar refractivity (Wildman–Crippen MR) is 133 cm³/mol. The molecule has 0 fully saturated rings. The molecule has 1 aliphatic heterocycles. The molecule has 4 rings (SSSR count). The Morgan fingerprint density at radius 3 is 2.34 bits per heavy atom. The zero-order valence-electron chi connectivity index (χ0n) is 21.1. The summed E-state index contributed by atoms with van der Waals surface area (Å²) in [6.45, 7) is 5.76. The summed E-state index contributed by atoms with van der Waals surface area (Å²) < 4.78 is 58.8. The zero-order valence-corrected chi connectivity index (χ0v) is 21.1. The van der Waals surface area contributed by atoms with Crippen LogP contribution in [0.4, 0.5) is 23.2 Å². The van der Waals surface area contributed by atoms with Crippen molar-refractivity contribution in [1.82, 2.24) is 9.88 Å². The molecule has 1 unspecified atom stereocenters. The van der Waals surface area contributed by atoms with Crippen LogP contribution in [0.3, 0.4) is 0 Å². The third-order valence-corrected chi connectivity index (χ3v) is 5.57. The van der Waals surface area contributed by atoms with Gasteiger partial charge in [0.1, 0.15) is 22.7 Å². The standard InChI is InChI=1S/C19H12F4N2O3.C7H15NO2/c20-13-6-5-11-16-15(13)24-14(7-25(16)18(28)12(8-26)17(11)27)9-1-3-10(4-2-9)19(21,22)23;1-7(2,3)10-6(9)5-8-4/h1-6,8,14,24,27H,7H2;8H,5H2,1-4H3. The van der Waals surface area contributed by atoms with Gasteiger partial charge in [0.15, 0.2) is 6.29 Å². The molecule has 12 heteroatoms. The highest BCUT2D eigenvalue weighted by Gasteiger charge is 2.32. The maximum Gasteiger partial charge on any atom is 0.416 e. The van der Waals surface area contributed by atoms with Crippen molar-refractivity contribution in [2.75, 3.05) is 18.9 Å². The Hall–Kier alpha value is -3.93. The topological polar surface area (TPSA) is 110 Å². The minimum Gasteiger partial charge on any atom is -0.506 e. The number of anilines is 1. The number of carbonyl (C=O) groups is 2. The molecule has 0 saturated heterocycles. The highest BCUT2D eigenvalue weighted by molar-refractivity contribution is 6.00. The summed E-state index contributed by atoms with van der Waals surface area (Å²) in [7, 11) is 1.71. The summed E-state index contributed by atoms with van der Waals surface area (Å²) in [5.74, 6) is -1.45. The van der Waals surface area contributed by atoms with Gasteiger partial charge in [0, 0.05) is 5.39 Å². The first kappa shape index (κ1) is 28.6. The molecular weight excluding hydrogens is 510 g/mol. The van der Waals surface area contributed by atoms with Crippen molar-refractivity contribution in [3.05, 3.63) is 69.3 Å². The van der Waals surface area contributed by atoms with Gasteiger partial charge in [-0.1, -0.05) is 12.1 Å². The van der Waals surface area contributed by atoms with Crippen molar-refractivity contribution in [2.45, 2.75) is 45.1 Å². The van der Waals surface area contributed by atoms with Crippen LogP contribution >= 0.6 is 0 Å². The van der Waals surface area contributed by atoms with Crippen LogP contribution < -0.4 is 16.2 Å². The van der Waals surface area contributed by atoms with Crippen LogP contribution in [0.2, 0.25) is 0 Å². The van der Waals surface area contributed by atoms with E-state index in [1.807, 2.05) is 20.8 Å². The first-order valence-corrected chi connectivity index (χ1v) is 11.5. The number of nitrogens with zero attached hydrogens (tertiary/aromatic N) is 1. The van der Waals surface area contributed by atoms with Crippen LogP contribution in [0.25, 0.3) is 10.9 Å². The van der Waals surface area contributed by atoms with Crippen LogP contribution in [-0.2, 0) is 22.3 Å². The minimum atomic E-state index is -4.49. The lowest BCUT2D eigenvalue weighted by Gasteiger charge is -2.30. The number of carbonyl (C=O) groups excluding carboxylic acids is 2. The van der Waals surface area contributed by atoms with E-state index in [1.165, 1.54) is 18.2 Å². The van der Waals surface area contributed by atoms with E-state index < -0.39 is 40.5 Å². The van der Waals surface area contributed by atoms with Crippen molar-refractivity contribution in [3.63, 3.8) is 0 Å². The van der Waals surface area contributed by atoms with Crippen molar-refractivity contribution in [1.29, 1.82) is 0 Å². The molecule has 3 aromatic rings. The van der Waals surface area contributed by atoms with Crippen molar-refractivity contribution >= 4 is 28.8 Å². The quantitative estimate of drug-likeness (QED) is 0.257. The van der Waals surface area contributed by atoms with Gasteiger partial charge in [-0.15, -0.1) is 0 Å². The molecule has 204 valence electrons. The third kappa shape index (κ3) is 6.13. The molecule has 0 radical (unpaired) electrons. The molecule has 0 amide bonds. The summed E-state index contributed by atoms with van der Waals surface area (Å²) in [5.41, 5.74) is -2.03. The lowest BCUT2D eigenvalue weighted by Crippen LogP contribution is -2.33. The molecule has 3 N–H and O–H groups in total. The molecular formula is C26H27F4N3O5. The number of aldehydes is 1. The fourth-order valence-electron chi connectivity index (χ4n) is 3.97. The number of nitrogens with one attached hydrogen (secondary N) is 2. The Bertz CT molecular complexity index is 1410. The zero-order chi connectivity index (χ0) is 28.4. The highest BCUT2D eigenvalue weighted by atomic mass is 19.4. The van der Waals surface area contributed by atoms with E-state index in [2.05, 4.69) is 10.6 Å². The van der Waals surface area contributed by atoms with Crippen molar-refractivity contribution in [3.8, 4) is 5.75 Å². The van der Waals surface area contributed by atoms with E-state index >= 15 is 0 Å². The van der Waals surface area contributed by atoms with E-state index in [9.17, 15) is 37.1 Å². The maximum absolute atomic E-state index is 14.4. The highest BCUT2D eigenvalue weighted by Crippen LogP contribution is 2.39. The van der Waals surface area contributed by atoms with E-state index in [0.29, 0.717) is 5.56 Å². The number of hydrogen-bond acceptors (Lipinski definition) is 7. The molecule has 8 nitrogen and oxygen atoms in total. The van der Waals surface area contributed by atoms with E-state index in [-0.39, 0.29) is 47.5 Å². The monoisotopic (exact) mass is 537 g/mol. The van der Waals surface area contributed by atoms with Crippen molar-refractivity contribution < 1.29 is 37.0 Å². The molecule has 38 heavy (non-hydrogen) atoms. The first-order chi connectivity index (χ1) is 17.7. The van der Waals surface area contributed by atoms with E-state index in [4.69, 9.17) is 4.74 Å². The largest absolute Gasteiger partial charge is 0.506 e. The fraction of sp³-hybridized carbons (Fsp3) is 0.346. The Balaban J connectivity index is 0.000000342. The first-order valence-electron chi connectivity index (χ1n) is 11.5. The van der Waals surface area contributed by atoms with Crippen LogP contribution in [0, 0.1) is 5.82 Å². The van der Waals surface area contributed by atoms with Gasteiger partial charge in [0.25, 0.3) is 5.56 Å². The number of ether oxygens (including phenoxy) is 1. The molecule has 1 aromatic heterocycles. The molecule has 1 aliphatic rings. The van der Waals surface area contributed by atoms with Gasteiger partial charge in [-0.05, 0) is 57.6 Å². The molecule has 0 aliphatic carbocycles. The van der Waals surface area contributed by atoms with Gasteiger partial charge in [-0.25, -0.2) is 4.39 Å². The van der Waals surface area contributed by atoms with Crippen LogP contribution in [-0.4, -0.2) is 41.1 Å². The Labute approximate surface area is 215 Å². The number of esters is 1. The van der Waals surface area contributed by atoms with Crippen LogP contribution in [0.1, 0.15) is 48.3 Å². The Kier molecular flexibility index (Phi) is 8.15. The average molecular weight is 538 g/mol. The summed E-state index contributed by atoms with van der Waals surface area (Å²) >= 11 is 0. The number of rotatable bonds is 4. The second kappa shape index (κ2) is 10.8. The number of alkyl halides is 3. The normalized spacial score (nSPS) is 14.8. The predicted octanol–water partition coefficient (Wildman–Crippen LogP) is 4.39. The smallest absolute Gasteiger partial charge is 0.416 e. The minimum absolute atomic E-state index is 0.0573. The second-order valence-electron chi connectivity index (χ2n) is 9.55. The van der Waals surface area contributed by atoms with Crippen LogP contribution in [0.15, 0.2) is 41.2 Å². The lowest BCUT2D eigenvalue weighted by atomic mass is 10.00. The molecule has 1 atom stereocenters. The lowest BCUT2D eigenvalue weighted by molar-refractivity contribution is -0.153. The van der Waals surface area contributed by atoms with Gasteiger partial charge in [-0.2, -0.15) is 13.2 Å². The second-order valence-corrected chi connectivity index (χ2v) is 9.55. The van der Waals surface area contributed by atoms with Gasteiger partial charge in [0.05, 0.1) is 35.9 Å². The molecule has 0 bridgehead atoms. The number of aromatic hydroxyl groups is 1. The molecule has 0 spiro atoms. The van der Waals surface area contributed by atoms with Gasteiger partial charge in [0.2, 0.25) is 0 Å². The number of pyridine rings is 1. The summed E-state index contributed by atoms with van der Waals surface area (Å²) in [4.78, 5) is 34.6. The maximum atomic E-state index is 14.4. The van der Waals surface area contributed by atoms with Gasteiger partial charge < -0.3 is 25.0 Å². The summed E-state index contributed by atoms with van der Waals surface area (Å²) in [5, 5.41) is 15.9. The van der Waals surface area contributed by atoms with Gasteiger partial charge >= 0.3 is 12.1 Å². The number of aromatic nitrogens is 1. The molecule has 2 aromatic carbocycles. The third-order valence-electron chi connectivity index (χ3n) is 5.57. The fourth-order valence-corrected chi connectivity index (χ4v) is 3.97. The Morgan fingerprint density at radius 1 is 1.18 bits per heavy atom. The number of hydrogen-bond donors (Lipinski definition) is 3.